The first-order chi connectivity index (χ1) is 8.67. The lowest BCUT2D eigenvalue weighted by Crippen LogP contribution is -2.06. The molecule has 1 N–H and O–H groups in total. The largest absolute Gasteiger partial charge is 0.426 e. The van der Waals surface area contributed by atoms with Gasteiger partial charge in [-0.1, -0.05) is 0 Å². The summed E-state index contributed by atoms with van der Waals surface area (Å²) in [6, 6.07) is 6.95. The van der Waals surface area contributed by atoms with E-state index in [1.807, 2.05) is 0 Å². The minimum absolute atomic E-state index is 0.0516. The molecule has 0 saturated carbocycles. The monoisotopic (exact) mass is 355 g/mol. The van der Waals surface area contributed by atoms with Gasteiger partial charge in [0, 0.05) is 18.4 Å². The van der Waals surface area contributed by atoms with Gasteiger partial charge in [-0.25, -0.2) is 4.79 Å². The molecular formula is C13H10INO3. The molecular weight excluding hydrogens is 345 g/mol. The van der Waals surface area contributed by atoms with Gasteiger partial charge in [0.2, 0.25) is 0 Å². The van der Waals surface area contributed by atoms with Crippen LogP contribution in [0.1, 0.15) is 17.7 Å². The Balaban J connectivity index is 2.67. The van der Waals surface area contributed by atoms with Crippen molar-refractivity contribution in [2.45, 2.75) is 12.8 Å². The van der Waals surface area contributed by atoms with E-state index in [9.17, 15) is 4.79 Å². The molecule has 92 valence electrons. The third kappa shape index (κ3) is 2.40. The third-order valence-corrected chi connectivity index (χ3v) is 3.81. The quantitative estimate of drug-likeness (QED) is 0.857. The number of aliphatic hydroxyl groups is 1. The van der Waals surface area contributed by atoms with Gasteiger partial charge < -0.3 is 9.52 Å². The topological polar surface area (TPSA) is 74.2 Å². The predicted octanol–water partition coefficient (Wildman–Crippen LogP) is 2.19. The van der Waals surface area contributed by atoms with Crippen molar-refractivity contribution >= 4 is 33.4 Å². The van der Waals surface area contributed by atoms with Crippen LogP contribution >= 0.6 is 22.6 Å². The minimum Gasteiger partial charge on any atom is -0.426 e. The second kappa shape index (κ2) is 5.50. The molecule has 5 heteroatoms. The van der Waals surface area contributed by atoms with Crippen LogP contribution in [0.4, 0.5) is 0 Å². The maximum absolute atomic E-state index is 11.8. The molecule has 0 atom stereocenters. The lowest BCUT2D eigenvalue weighted by atomic mass is 10.1. The summed E-state index contributed by atoms with van der Waals surface area (Å²) in [4.78, 5) is 11.8. The van der Waals surface area contributed by atoms with Gasteiger partial charge in [-0.15, -0.1) is 0 Å². The van der Waals surface area contributed by atoms with Crippen molar-refractivity contribution < 1.29 is 9.52 Å². The first-order valence-electron chi connectivity index (χ1n) is 5.43. The summed E-state index contributed by atoms with van der Waals surface area (Å²) in [5.41, 5.74) is 0.113. The second-order valence-electron chi connectivity index (χ2n) is 3.83. The van der Waals surface area contributed by atoms with E-state index >= 15 is 0 Å². The summed E-state index contributed by atoms with van der Waals surface area (Å²) in [6.07, 6.45) is 1.05. The zero-order valence-electron chi connectivity index (χ0n) is 9.44. The highest BCUT2D eigenvalue weighted by Gasteiger charge is 2.11. The van der Waals surface area contributed by atoms with Crippen LogP contribution in [0.3, 0.4) is 0 Å². The number of hydrogen-bond acceptors (Lipinski definition) is 4. The molecule has 2 rings (SSSR count). The predicted molar refractivity (Wildman–Crippen MR) is 75.3 cm³/mol. The highest BCUT2D eigenvalue weighted by Crippen LogP contribution is 2.23. The molecule has 18 heavy (non-hydrogen) atoms. The van der Waals surface area contributed by atoms with Crippen LogP contribution in [-0.2, 0) is 6.42 Å². The van der Waals surface area contributed by atoms with Crippen LogP contribution in [-0.4, -0.2) is 11.7 Å². The molecule has 0 amide bonds. The van der Waals surface area contributed by atoms with Crippen LogP contribution < -0.4 is 5.63 Å². The van der Waals surface area contributed by atoms with E-state index in [0.717, 1.165) is 8.96 Å². The van der Waals surface area contributed by atoms with Gasteiger partial charge in [-0.2, -0.15) is 5.26 Å². The van der Waals surface area contributed by atoms with E-state index in [4.69, 9.17) is 14.8 Å². The van der Waals surface area contributed by atoms with Gasteiger partial charge in [-0.05, 0) is 47.2 Å². The van der Waals surface area contributed by atoms with E-state index in [1.165, 1.54) is 0 Å². The Bertz CT molecular complexity index is 685. The fourth-order valence-electron chi connectivity index (χ4n) is 1.74. The Morgan fingerprint density at radius 2 is 2.17 bits per heavy atom. The molecule has 0 radical (unpaired) electrons. The van der Waals surface area contributed by atoms with Crippen molar-refractivity contribution in [2.75, 3.05) is 6.61 Å². The number of benzene rings is 1. The molecule has 0 aliphatic heterocycles. The van der Waals surface area contributed by atoms with Gasteiger partial charge in [0.15, 0.2) is 0 Å². The summed E-state index contributed by atoms with van der Waals surface area (Å²) >= 11 is 2.10. The van der Waals surface area contributed by atoms with E-state index < -0.39 is 5.63 Å². The number of rotatable bonds is 3. The molecule has 0 aliphatic rings. The van der Waals surface area contributed by atoms with Crippen LogP contribution in [0.15, 0.2) is 27.4 Å². The molecule has 4 nitrogen and oxygen atoms in total. The number of aliphatic hydroxyl groups excluding tert-OH is 1. The van der Waals surface area contributed by atoms with Crippen LogP contribution in [0.2, 0.25) is 0 Å². The average Bonchev–Trinajstić information content (AvgIpc) is 2.40. The van der Waals surface area contributed by atoms with E-state index in [1.54, 1.807) is 18.2 Å². The SMILES string of the molecule is N#Cc1ccc2c(=O)oc(CCCO)c(I)c2c1. The number of halogens is 1. The van der Waals surface area contributed by atoms with Crippen molar-refractivity contribution in [3.63, 3.8) is 0 Å². The Morgan fingerprint density at radius 1 is 1.39 bits per heavy atom. The third-order valence-electron chi connectivity index (χ3n) is 2.63. The standard InChI is InChI=1S/C13H10INO3/c14-12-10-6-8(7-15)3-4-9(10)13(17)18-11(12)2-1-5-16/h3-4,6,16H,1-2,5H2. The molecule has 0 spiro atoms. The summed E-state index contributed by atoms with van der Waals surface area (Å²) < 4.78 is 6.07. The molecule has 1 heterocycles. The number of aryl methyl sites for hydroxylation is 1. The number of nitriles is 1. The lowest BCUT2D eigenvalue weighted by molar-refractivity contribution is 0.283. The number of fused-ring (bicyclic) bond motifs is 1. The minimum atomic E-state index is -0.400. The lowest BCUT2D eigenvalue weighted by Gasteiger charge is -2.05. The Hall–Kier alpha value is -1.39. The Morgan fingerprint density at radius 3 is 2.83 bits per heavy atom. The van der Waals surface area contributed by atoms with Crippen molar-refractivity contribution in [1.29, 1.82) is 5.26 Å². The van der Waals surface area contributed by atoms with Gasteiger partial charge in [-0.3, -0.25) is 0 Å². The highest BCUT2D eigenvalue weighted by atomic mass is 127. The maximum Gasteiger partial charge on any atom is 0.343 e. The molecule has 1 aromatic heterocycles. The molecule has 0 unspecified atom stereocenters. The zero-order valence-corrected chi connectivity index (χ0v) is 11.6. The fourth-order valence-corrected chi connectivity index (χ4v) is 2.56. The first kappa shape index (κ1) is 13.1. The number of nitrogens with zero attached hydrogens (tertiary/aromatic N) is 1. The Kier molecular flexibility index (Phi) is 3.99. The maximum atomic E-state index is 11.8. The smallest absolute Gasteiger partial charge is 0.343 e. The van der Waals surface area contributed by atoms with Gasteiger partial charge in [0.25, 0.3) is 0 Å². The molecule has 2 aromatic rings. The molecule has 0 saturated heterocycles. The van der Waals surface area contributed by atoms with Crippen molar-refractivity contribution in [3.05, 3.63) is 43.5 Å². The van der Waals surface area contributed by atoms with Gasteiger partial charge >= 0.3 is 5.63 Å². The van der Waals surface area contributed by atoms with Crippen LogP contribution in [0.25, 0.3) is 10.8 Å². The highest BCUT2D eigenvalue weighted by molar-refractivity contribution is 14.1. The average molecular weight is 355 g/mol. The molecule has 1 aromatic carbocycles. The fraction of sp³-hybridized carbons (Fsp3) is 0.231. The summed E-state index contributed by atoms with van der Waals surface area (Å²) in [7, 11) is 0. The van der Waals surface area contributed by atoms with Gasteiger partial charge in [0.1, 0.15) is 5.76 Å². The van der Waals surface area contributed by atoms with E-state index in [-0.39, 0.29) is 6.61 Å². The summed E-state index contributed by atoms with van der Waals surface area (Å²) in [6.45, 7) is 0.0516. The van der Waals surface area contributed by atoms with Gasteiger partial charge in [0.05, 0.1) is 20.6 Å². The van der Waals surface area contributed by atoms with Crippen LogP contribution in [0, 0.1) is 14.9 Å². The molecule has 0 bridgehead atoms. The van der Waals surface area contributed by atoms with Crippen molar-refractivity contribution in [3.8, 4) is 6.07 Å². The van der Waals surface area contributed by atoms with Crippen LogP contribution in [0.5, 0.6) is 0 Å². The van der Waals surface area contributed by atoms with E-state index in [0.29, 0.717) is 29.6 Å². The molecule has 0 fully saturated rings. The normalized spacial score (nSPS) is 10.5. The second-order valence-corrected chi connectivity index (χ2v) is 4.90. The zero-order chi connectivity index (χ0) is 13.1. The first-order valence-corrected chi connectivity index (χ1v) is 6.51. The molecule has 0 aliphatic carbocycles. The van der Waals surface area contributed by atoms with Crippen molar-refractivity contribution in [2.24, 2.45) is 0 Å². The van der Waals surface area contributed by atoms with E-state index in [2.05, 4.69) is 28.7 Å². The van der Waals surface area contributed by atoms with Crippen molar-refractivity contribution in [1.82, 2.24) is 0 Å². The summed E-state index contributed by atoms with van der Waals surface area (Å²) in [5, 5.41) is 18.9. The Labute approximate surface area is 117 Å². The number of hydrogen-bond donors (Lipinski definition) is 1. The summed E-state index contributed by atoms with van der Waals surface area (Å²) in [5.74, 6) is 0.567.